The van der Waals surface area contributed by atoms with E-state index in [4.69, 9.17) is 9.31 Å². The van der Waals surface area contributed by atoms with Crippen LogP contribution in [0.1, 0.15) is 33.3 Å². The van der Waals surface area contributed by atoms with Crippen LogP contribution in [-0.4, -0.2) is 24.3 Å². The van der Waals surface area contributed by atoms with Crippen molar-refractivity contribution < 1.29 is 28.0 Å². The fourth-order valence-electron chi connectivity index (χ4n) is 1.98. The molecule has 1 saturated heterocycles. The van der Waals surface area contributed by atoms with Crippen molar-refractivity contribution in [2.24, 2.45) is 0 Å². The lowest BCUT2D eigenvalue weighted by molar-refractivity contribution is -0.331. The lowest BCUT2D eigenvalue weighted by Crippen LogP contribution is -2.41. The Bertz CT molecular complexity index is 556. The van der Waals surface area contributed by atoms with E-state index in [-0.39, 0.29) is 0 Å². The van der Waals surface area contributed by atoms with Gasteiger partial charge in [-0.1, -0.05) is 24.3 Å². The predicted molar refractivity (Wildman–Crippen MR) is 71.1 cm³/mol. The number of alkyl halides is 2. The van der Waals surface area contributed by atoms with Gasteiger partial charge in [0.05, 0.1) is 11.2 Å². The van der Waals surface area contributed by atoms with E-state index in [1.54, 1.807) is 6.07 Å². The number of carboxylic acids is 1. The first-order chi connectivity index (χ1) is 9.47. The molecule has 1 aromatic carbocycles. The molecule has 0 atom stereocenters. The second-order valence-corrected chi connectivity index (χ2v) is 6.08. The highest BCUT2D eigenvalue weighted by Crippen LogP contribution is 2.36. The Labute approximate surface area is 122 Å². The monoisotopic (exact) mass is 297 g/mol. The van der Waals surface area contributed by atoms with Crippen LogP contribution in [0.25, 0.3) is 0 Å². The van der Waals surface area contributed by atoms with Crippen LogP contribution in [0.15, 0.2) is 24.3 Å². The second kappa shape index (κ2) is 4.78. The van der Waals surface area contributed by atoms with E-state index in [0.717, 1.165) is 12.1 Å². The highest BCUT2D eigenvalue weighted by atomic mass is 19.3. The fourth-order valence-corrected chi connectivity index (χ4v) is 1.98. The second-order valence-electron chi connectivity index (χ2n) is 6.08. The lowest BCUT2D eigenvalue weighted by Gasteiger charge is -2.32. The van der Waals surface area contributed by atoms with Crippen LogP contribution >= 0.6 is 0 Å². The summed E-state index contributed by atoms with van der Waals surface area (Å²) in [5.41, 5.74) is -1.53. The lowest BCUT2D eigenvalue weighted by atomic mass is 9.78. The first-order valence-corrected chi connectivity index (χ1v) is 6.53. The third-order valence-corrected chi connectivity index (χ3v) is 4.03. The summed E-state index contributed by atoms with van der Waals surface area (Å²) in [7, 11) is -0.826. The van der Waals surface area contributed by atoms with Crippen molar-refractivity contribution in [3.05, 3.63) is 29.8 Å². The van der Waals surface area contributed by atoms with Gasteiger partial charge in [0, 0.05) is 5.56 Å². The molecule has 0 saturated carbocycles. The number of carbonyl (C=O) groups is 1. The number of halogens is 2. The molecule has 1 aromatic rings. The third-order valence-electron chi connectivity index (χ3n) is 4.03. The highest BCUT2D eigenvalue weighted by Gasteiger charge is 2.52. The van der Waals surface area contributed by atoms with Gasteiger partial charge in [-0.2, -0.15) is 8.78 Å². The number of carboxylic acid groups (broad SMARTS) is 1. The molecule has 0 amide bonds. The van der Waals surface area contributed by atoms with E-state index < -0.39 is 35.8 Å². The van der Waals surface area contributed by atoms with Crippen molar-refractivity contribution >= 4 is 18.6 Å². The third kappa shape index (κ3) is 2.67. The molecule has 0 spiro atoms. The molecule has 4 nitrogen and oxygen atoms in total. The Balaban J connectivity index is 2.34. The number of rotatable bonds is 3. The van der Waals surface area contributed by atoms with Crippen LogP contribution in [0.3, 0.4) is 0 Å². The number of hydrogen-bond donors (Lipinski definition) is 0. The zero-order valence-corrected chi connectivity index (χ0v) is 12.3. The minimum absolute atomic E-state index is 0.340. The molecule has 0 unspecified atom stereocenters. The van der Waals surface area contributed by atoms with Crippen molar-refractivity contribution in [1.29, 1.82) is 0 Å². The number of benzene rings is 1. The molecule has 7 heteroatoms. The molecule has 0 radical (unpaired) electrons. The van der Waals surface area contributed by atoms with E-state index in [2.05, 4.69) is 0 Å². The Morgan fingerprint density at radius 1 is 1.19 bits per heavy atom. The summed E-state index contributed by atoms with van der Waals surface area (Å²) in [6.07, 6.45) is 0. The first-order valence-electron chi connectivity index (χ1n) is 6.53. The Kier molecular flexibility index (Phi) is 3.62. The van der Waals surface area contributed by atoms with E-state index in [9.17, 15) is 18.7 Å². The molecule has 1 heterocycles. The molecule has 0 bridgehead atoms. The molecule has 21 heavy (non-hydrogen) atoms. The smallest absolute Gasteiger partial charge is 0.494 e. The zero-order valence-electron chi connectivity index (χ0n) is 12.3. The van der Waals surface area contributed by atoms with E-state index in [1.165, 1.54) is 6.07 Å². The zero-order chi connectivity index (χ0) is 16.1. The SMILES string of the molecule is CC1(C)OB(c2cccc(C(F)(F)C(=O)[O-])c2)OC1(C)C. The number of carbonyl (C=O) groups excluding carboxylic acids is 1. The summed E-state index contributed by atoms with van der Waals surface area (Å²) in [6, 6.07) is 4.99. The summed E-state index contributed by atoms with van der Waals surface area (Å²) in [6.45, 7) is 7.36. The molecule has 1 aliphatic heterocycles. The molecular formula is C14H16BF2O4-. The Morgan fingerprint density at radius 3 is 2.19 bits per heavy atom. The molecule has 2 rings (SSSR count). The average molecular weight is 297 g/mol. The first kappa shape index (κ1) is 15.9. The van der Waals surface area contributed by atoms with Gasteiger partial charge in [-0.15, -0.1) is 0 Å². The van der Waals surface area contributed by atoms with Gasteiger partial charge in [0.1, 0.15) is 5.97 Å². The highest BCUT2D eigenvalue weighted by molar-refractivity contribution is 6.62. The average Bonchev–Trinajstić information content (AvgIpc) is 2.58. The molecule has 0 aliphatic carbocycles. The molecule has 114 valence electrons. The summed E-state index contributed by atoms with van der Waals surface area (Å²) in [5.74, 6) is -6.49. The number of aliphatic carboxylic acids is 1. The van der Waals surface area contributed by atoms with Crippen LogP contribution in [0.5, 0.6) is 0 Å². The molecule has 0 aromatic heterocycles. The predicted octanol–water partition coefficient (Wildman–Crippen LogP) is 0.827. The maximum atomic E-state index is 13.5. The van der Waals surface area contributed by atoms with Gasteiger partial charge in [0.25, 0.3) is 0 Å². The van der Waals surface area contributed by atoms with E-state index >= 15 is 0 Å². The largest absolute Gasteiger partial charge is 0.544 e. The van der Waals surface area contributed by atoms with Gasteiger partial charge < -0.3 is 19.2 Å². The Morgan fingerprint density at radius 2 is 1.71 bits per heavy atom. The topological polar surface area (TPSA) is 58.6 Å². The van der Waals surface area contributed by atoms with E-state index in [1.807, 2.05) is 27.7 Å². The molecular weight excluding hydrogens is 281 g/mol. The van der Waals surface area contributed by atoms with Crippen molar-refractivity contribution in [3.8, 4) is 0 Å². The standard InChI is InChI=1S/C14H17BF2O4/c1-12(2)13(3,4)21-15(20-12)10-7-5-6-9(8-10)14(16,17)11(18)19/h5-8H,1-4H3,(H,18,19)/p-1. The van der Waals surface area contributed by atoms with Gasteiger partial charge in [0.2, 0.25) is 0 Å². The maximum Gasteiger partial charge on any atom is 0.494 e. The molecule has 1 aliphatic rings. The van der Waals surface area contributed by atoms with Gasteiger partial charge in [0.15, 0.2) is 0 Å². The van der Waals surface area contributed by atoms with Crippen molar-refractivity contribution in [2.45, 2.75) is 44.8 Å². The summed E-state index contributed by atoms with van der Waals surface area (Å²) in [5, 5.41) is 10.5. The Hall–Kier alpha value is -1.47. The van der Waals surface area contributed by atoms with Crippen molar-refractivity contribution in [3.63, 3.8) is 0 Å². The van der Waals surface area contributed by atoms with Gasteiger partial charge in [-0.05, 0) is 33.2 Å². The van der Waals surface area contributed by atoms with Crippen LogP contribution in [0.4, 0.5) is 8.78 Å². The summed E-state index contributed by atoms with van der Waals surface area (Å²) >= 11 is 0. The summed E-state index contributed by atoms with van der Waals surface area (Å²) in [4.78, 5) is 10.5. The minimum atomic E-state index is -4.06. The number of hydrogen-bond acceptors (Lipinski definition) is 4. The maximum absolute atomic E-state index is 13.5. The van der Waals surface area contributed by atoms with Crippen molar-refractivity contribution in [1.82, 2.24) is 0 Å². The quantitative estimate of drug-likeness (QED) is 0.775. The van der Waals surface area contributed by atoms with Gasteiger partial charge in [-0.25, -0.2) is 0 Å². The fraction of sp³-hybridized carbons (Fsp3) is 0.500. The van der Waals surface area contributed by atoms with Crippen LogP contribution in [0.2, 0.25) is 0 Å². The van der Waals surface area contributed by atoms with Gasteiger partial charge in [-0.3, -0.25) is 0 Å². The van der Waals surface area contributed by atoms with E-state index in [0.29, 0.717) is 5.46 Å². The van der Waals surface area contributed by atoms with Crippen LogP contribution in [0, 0.1) is 0 Å². The summed E-state index contributed by atoms with van der Waals surface area (Å²) < 4.78 is 38.5. The normalized spacial score (nSPS) is 20.6. The molecule has 1 fully saturated rings. The van der Waals surface area contributed by atoms with Crippen LogP contribution < -0.4 is 10.6 Å². The van der Waals surface area contributed by atoms with Gasteiger partial charge >= 0.3 is 13.0 Å². The van der Waals surface area contributed by atoms with Crippen molar-refractivity contribution in [2.75, 3.05) is 0 Å². The van der Waals surface area contributed by atoms with Crippen LogP contribution in [-0.2, 0) is 20.0 Å². The minimum Gasteiger partial charge on any atom is -0.544 e. The molecule has 0 N–H and O–H groups in total.